The second-order valence-electron chi connectivity index (χ2n) is 1.59. The molecule has 0 N–H and O–H groups in total. The van der Waals surface area contributed by atoms with Crippen LogP contribution in [0.2, 0.25) is 6.04 Å². The van der Waals surface area contributed by atoms with Crippen molar-refractivity contribution in [3.05, 3.63) is 0 Å². The molecule has 0 rings (SSSR count). The zero-order valence-electron chi connectivity index (χ0n) is 4.55. The molecule has 0 aliphatic heterocycles. The van der Waals surface area contributed by atoms with E-state index in [-0.39, 0.29) is 6.04 Å². The molecule has 0 aliphatic carbocycles. The highest BCUT2D eigenvalue weighted by Gasteiger charge is 2.26. The fourth-order valence-electron chi connectivity index (χ4n) is 0.267. The molecule has 0 bridgehead atoms. The summed E-state index contributed by atoms with van der Waals surface area (Å²) in [6, 6.07) is 0.169. The van der Waals surface area contributed by atoms with Crippen molar-refractivity contribution in [2.45, 2.75) is 18.6 Å². The van der Waals surface area contributed by atoms with E-state index in [1.165, 1.54) is 0 Å². The van der Waals surface area contributed by atoms with Crippen molar-refractivity contribution in [1.82, 2.24) is 0 Å². The Hall–Kier alpha value is 0.441. The number of halogens is 3. The average molecular weight is 181 g/mol. The minimum atomic E-state index is -4.00. The Bertz CT molecular complexity index is 78.9. The molecule has 7 radical (unpaired) electrons. The number of alkyl halides is 3. The van der Waals surface area contributed by atoms with Gasteiger partial charge >= 0.3 is 6.18 Å². The Morgan fingerprint density at radius 1 is 1.22 bits per heavy atom. The average Bonchev–Trinajstić information content (AvgIpc) is 1.59. The topological polar surface area (TPSA) is 0 Å². The van der Waals surface area contributed by atoms with Gasteiger partial charge in [0.1, 0.15) is 0 Å². The third-order valence-corrected chi connectivity index (χ3v) is 2.91. The van der Waals surface area contributed by atoms with Crippen LogP contribution in [0.25, 0.3) is 0 Å². The number of hydrogen-bond acceptors (Lipinski definition) is 0. The van der Waals surface area contributed by atoms with Gasteiger partial charge in [-0.2, -0.15) is 13.2 Å². The summed E-state index contributed by atoms with van der Waals surface area (Å²) in [5, 5.41) is 0. The van der Waals surface area contributed by atoms with Crippen LogP contribution in [0, 0.1) is 0 Å². The fourth-order valence-corrected chi connectivity index (χ4v) is 1.55. The Morgan fingerprint density at radius 2 is 1.67 bits per heavy atom. The van der Waals surface area contributed by atoms with Gasteiger partial charge in [-0.15, -0.1) is 0 Å². The van der Waals surface area contributed by atoms with Gasteiger partial charge in [-0.3, -0.25) is 0 Å². The fraction of sp³-hybridized carbons (Fsp3) is 1.00. The number of rotatable bonds is 2. The molecule has 0 aromatic rings. The number of hydrogen-bond donors (Lipinski definition) is 0. The van der Waals surface area contributed by atoms with Crippen LogP contribution < -0.4 is 0 Å². The highest BCUT2D eigenvalue weighted by Crippen LogP contribution is 2.21. The molecule has 0 saturated heterocycles. The summed E-state index contributed by atoms with van der Waals surface area (Å²) in [4.78, 5) is 0. The first-order valence-electron chi connectivity index (χ1n) is 2.27. The summed E-state index contributed by atoms with van der Waals surface area (Å²) in [5.74, 6) is 0. The standard InChI is InChI=1S/C3H4F3Si3/c4-3(5,6)1-2-9(7)8/h1-2H2. The Labute approximate surface area is 59.9 Å². The first-order chi connectivity index (χ1) is 3.92. The van der Waals surface area contributed by atoms with E-state index in [2.05, 4.69) is 19.5 Å². The molecule has 0 aromatic heterocycles. The molecule has 0 unspecified atom stereocenters. The summed E-state index contributed by atoms with van der Waals surface area (Å²) >= 11 is 0. The highest BCUT2D eigenvalue weighted by atomic mass is 29.5. The van der Waals surface area contributed by atoms with Crippen molar-refractivity contribution in [3.63, 3.8) is 0 Å². The molecule has 0 atom stereocenters. The summed E-state index contributed by atoms with van der Waals surface area (Å²) in [5.41, 5.74) is 0. The molecule has 0 aromatic carbocycles. The molecule has 0 aliphatic rings. The van der Waals surface area contributed by atoms with E-state index >= 15 is 0 Å². The van der Waals surface area contributed by atoms with Crippen molar-refractivity contribution in [1.29, 1.82) is 0 Å². The normalized spacial score (nSPS) is 12.7. The molecule has 0 saturated carbocycles. The SMILES string of the molecule is FC(F)(F)CC[Si]([Si])[Si]. The van der Waals surface area contributed by atoms with Gasteiger partial charge in [-0.25, -0.2) is 0 Å². The maximum atomic E-state index is 11.4. The Balaban J connectivity index is 3.28. The van der Waals surface area contributed by atoms with Gasteiger partial charge in [0.05, 0.1) is 0 Å². The molecular formula is C3H4F3Si3. The van der Waals surface area contributed by atoms with Crippen LogP contribution in [0.3, 0.4) is 0 Å². The highest BCUT2D eigenvalue weighted by molar-refractivity contribution is 7.29. The van der Waals surface area contributed by atoms with E-state index in [1.54, 1.807) is 0 Å². The van der Waals surface area contributed by atoms with E-state index in [0.717, 1.165) is 0 Å². The van der Waals surface area contributed by atoms with Crippen molar-refractivity contribution in [3.8, 4) is 0 Å². The van der Waals surface area contributed by atoms with Crippen LogP contribution >= 0.6 is 0 Å². The van der Waals surface area contributed by atoms with Crippen molar-refractivity contribution in [2.24, 2.45) is 0 Å². The predicted octanol–water partition coefficient (Wildman–Crippen LogP) is 0.764. The van der Waals surface area contributed by atoms with Crippen molar-refractivity contribution >= 4 is 27.4 Å². The Morgan fingerprint density at radius 3 is 1.78 bits per heavy atom. The summed E-state index contributed by atoms with van der Waals surface area (Å²) in [7, 11) is 5.10. The van der Waals surface area contributed by atoms with Gasteiger partial charge < -0.3 is 0 Å². The summed E-state index contributed by atoms with van der Waals surface area (Å²) in [6.07, 6.45) is -4.70. The first-order valence-corrected chi connectivity index (χ1v) is 6.98. The molecule has 0 amide bonds. The third-order valence-electron chi connectivity index (χ3n) is 0.658. The van der Waals surface area contributed by atoms with Crippen LogP contribution in [0.15, 0.2) is 0 Å². The molecule has 49 valence electrons. The van der Waals surface area contributed by atoms with Gasteiger partial charge in [0, 0.05) is 33.8 Å². The van der Waals surface area contributed by atoms with Crippen LogP contribution in [0.5, 0.6) is 0 Å². The van der Waals surface area contributed by atoms with Gasteiger partial charge in [0.2, 0.25) is 0 Å². The van der Waals surface area contributed by atoms with Crippen molar-refractivity contribution < 1.29 is 13.2 Å². The van der Waals surface area contributed by atoms with E-state index in [1.807, 2.05) is 0 Å². The molecule has 0 spiro atoms. The van der Waals surface area contributed by atoms with Crippen LogP contribution in [-0.2, 0) is 0 Å². The Kier molecular flexibility index (Phi) is 3.75. The minimum Gasteiger partial charge on any atom is -0.171 e. The molecule has 0 fully saturated rings. The van der Waals surface area contributed by atoms with Crippen LogP contribution in [0.4, 0.5) is 13.2 Å². The predicted molar refractivity (Wildman–Crippen MR) is 32.7 cm³/mol. The second-order valence-corrected chi connectivity index (χ2v) is 8.17. The van der Waals surface area contributed by atoms with Crippen LogP contribution in [-0.4, -0.2) is 33.5 Å². The zero-order valence-corrected chi connectivity index (χ0v) is 7.55. The van der Waals surface area contributed by atoms with Crippen molar-refractivity contribution in [2.75, 3.05) is 0 Å². The lowest BCUT2D eigenvalue weighted by Gasteiger charge is -2.05. The summed E-state index contributed by atoms with van der Waals surface area (Å²) < 4.78 is 34.2. The molecule has 6 heteroatoms. The molecule has 0 heterocycles. The van der Waals surface area contributed by atoms with Crippen LogP contribution in [0.1, 0.15) is 6.42 Å². The van der Waals surface area contributed by atoms with E-state index in [9.17, 15) is 13.2 Å². The van der Waals surface area contributed by atoms with Gasteiger partial charge in [0.25, 0.3) is 0 Å². The molecule has 9 heavy (non-hydrogen) atoms. The summed E-state index contributed by atoms with van der Waals surface area (Å²) in [6.45, 7) is 0. The molecule has 0 nitrogen and oxygen atoms in total. The van der Waals surface area contributed by atoms with Gasteiger partial charge in [0.15, 0.2) is 0 Å². The van der Waals surface area contributed by atoms with Gasteiger partial charge in [-0.1, -0.05) is 6.04 Å². The molecular weight excluding hydrogens is 177 g/mol. The maximum Gasteiger partial charge on any atom is 0.388 e. The van der Waals surface area contributed by atoms with E-state index < -0.39 is 20.4 Å². The first kappa shape index (κ1) is 9.44. The second kappa shape index (κ2) is 3.57. The monoisotopic (exact) mass is 181 g/mol. The maximum absolute atomic E-state index is 11.4. The largest absolute Gasteiger partial charge is 0.388 e. The lowest BCUT2D eigenvalue weighted by molar-refractivity contribution is -0.130. The zero-order chi connectivity index (χ0) is 7.49. The minimum absolute atomic E-state index is 0.169. The van der Waals surface area contributed by atoms with E-state index in [0.29, 0.717) is 0 Å². The van der Waals surface area contributed by atoms with Gasteiger partial charge in [-0.05, 0) is 0 Å². The lowest BCUT2D eigenvalue weighted by Crippen LogP contribution is -2.17. The quantitative estimate of drug-likeness (QED) is 0.552. The third kappa shape index (κ3) is 8.44. The lowest BCUT2D eigenvalue weighted by atomic mass is 10.5. The smallest absolute Gasteiger partial charge is 0.171 e. The van der Waals surface area contributed by atoms with E-state index in [4.69, 9.17) is 0 Å².